The predicted molar refractivity (Wildman–Crippen MR) is 64.2 cm³/mol. The topological polar surface area (TPSA) is 59.1 Å². The van der Waals surface area contributed by atoms with E-state index in [9.17, 15) is 5.11 Å². The lowest BCUT2D eigenvalue weighted by atomic mass is 10.1. The fourth-order valence-electron chi connectivity index (χ4n) is 1.46. The molecule has 82 valence electrons. The average Bonchev–Trinajstić information content (AvgIpc) is 2.32. The van der Waals surface area contributed by atoms with Gasteiger partial charge in [0.25, 0.3) is 0 Å². The van der Waals surface area contributed by atoms with Crippen molar-refractivity contribution in [2.24, 2.45) is 5.73 Å². The Balaban J connectivity index is 2.45. The van der Waals surface area contributed by atoms with Crippen molar-refractivity contribution in [2.45, 2.75) is 6.54 Å². The molecule has 0 saturated carbocycles. The molecule has 0 aliphatic carbocycles. The molecule has 0 bridgehead atoms. The lowest BCUT2D eigenvalue weighted by Gasteiger charge is -2.05. The molecule has 0 fully saturated rings. The van der Waals surface area contributed by atoms with Gasteiger partial charge in [0.2, 0.25) is 0 Å². The number of nitrogens with zero attached hydrogens (tertiary/aromatic N) is 1. The number of aromatic nitrogens is 1. The summed E-state index contributed by atoms with van der Waals surface area (Å²) in [5.74, 6) is 0.0994. The second-order valence-corrected chi connectivity index (χ2v) is 3.79. The summed E-state index contributed by atoms with van der Waals surface area (Å²) in [6.07, 6.45) is 1.32. The molecule has 0 amide bonds. The fourth-order valence-corrected chi connectivity index (χ4v) is 1.67. The minimum absolute atomic E-state index is 0.0994. The fraction of sp³-hybridized carbons (Fsp3) is 0.0833. The molecule has 1 aromatic carbocycles. The van der Waals surface area contributed by atoms with Crippen LogP contribution in [0.3, 0.4) is 0 Å². The molecule has 0 radical (unpaired) electrons. The van der Waals surface area contributed by atoms with Gasteiger partial charge in [0.15, 0.2) is 0 Å². The summed E-state index contributed by atoms with van der Waals surface area (Å²) in [6.45, 7) is 0.506. The summed E-state index contributed by atoms with van der Waals surface area (Å²) in [6, 6.07) is 9.26. The van der Waals surface area contributed by atoms with Gasteiger partial charge in [0.05, 0.1) is 6.20 Å². The minimum atomic E-state index is 0.0994. The van der Waals surface area contributed by atoms with Crippen molar-refractivity contribution in [1.29, 1.82) is 0 Å². The highest BCUT2D eigenvalue weighted by atomic mass is 35.5. The van der Waals surface area contributed by atoms with E-state index in [1.807, 2.05) is 24.3 Å². The molecule has 4 heteroatoms. The first-order valence-corrected chi connectivity index (χ1v) is 5.22. The van der Waals surface area contributed by atoms with Crippen molar-refractivity contribution in [2.75, 3.05) is 0 Å². The van der Waals surface area contributed by atoms with Crippen LogP contribution in [0.25, 0.3) is 11.1 Å². The zero-order chi connectivity index (χ0) is 11.5. The normalized spacial score (nSPS) is 10.4. The largest absolute Gasteiger partial charge is 0.506 e. The van der Waals surface area contributed by atoms with E-state index >= 15 is 0 Å². The number of hydrogen-bond acceptors (Lipinski definition) is 3. The van der Waals surface area contributed by atoms with Crippen LogP contribution in [0.1, 0.15) is 5.56 Å². The molecule has 0 atom stereocenters. The Morgan fingerprint density at radius 3 is 2.56 bits per heavy atom. The number of rotatable bonds is 2. The second-order valence-electron chi connectivity index (χ2n) is 3.43. The standard InChI is InChI=1S/C12H11ClN2O/c13-12-11(5-10(16)7-15-12)9-3-1-8(6-14)2-4-9/h1-5,7,16H,6,14H2. The first-order chi connectivity index (χ1) is 7.70. The van der Waals surface area contributed by atoms with E-state index in [0.29, 0.717) is 17.3 Å². The Morgan fingerprint density at radius 1 is 1.25 bits per heavy atom. The summed E-state index contributed by atoms with van der Waals surface area (Å²) < 4.78 is 0. The third-order valence-corrected chi connectivity index (χ3v) is 2.63. The van der Waals surface area contributed by atoms with Crippen LogP contribution < -0.4 is 5.73 Å². The lowest BCUT2D eigenvalue weighted by Crippen LogP contribution is -1.95. The summed E-state index contributed by atoms with van der Waals surface area (Å²) in [5, 5.41) is 9.73. The van der Waals surface area contributed by atoms with Crippen molar-refractivity contribution >= 4 is 11.6 Å². The molecule has 3 N–H and O–H groups in total. The molecular formula is C12H11ClN2O. The molecule has 1 aromatic heterocycles. The Kier molecular flexibility index (Phi) is 3.08. The van der Waals surface area contributed by atoms with E-state index in [1.54, 1.807) is 6.07 Å². The highest BCUT2D eigenvalue weighted by molar-refractivity contribution is 6.32. The van der Waals surface area contributed by atoms with Gasteiger partial charge in [-0.2, -0.15) is 0 Å². The number of aromatic hydroxyl groups is 1. The van der Waals surface area contributed by atoms with Gasteiger partial charge in [-0.1, -0.05) is 35.9 Å². The zero-order valence-corrected chi connectivity index (χ0v) is 9.28. The third kappa shape index (κ3) is 2.15. The Morgan fingerprint density at radius 2 is 1.94 bits per heavy atom. The van der Waals surface area contributed by atoms with Crippen LogP contribution in [0.15, 0.2) is 36.5 Å². The summed E-state index contributed by atoms with van der Waals surface area (Å²) in [7, 11) is 0. The molecule has 1 heterocycles. The van der Waals surface area contributed by atoms with Gasteiger partial charge in [-0.3, -0.25) is 0 Å². The van der Waals surface area contributed by atoms with Crippen LogP contribution >= 0.6 is 11.6 Å². The van der Waals surface area contributed by atoms with Crippen molar-refractivity contribution in [3.63, 3.8) is 0 Å². The maximum atomic E-state index is 9.36. The number of nitrogens with two attached hydrogens (primary N) is 1. The summed E-state index contributed by atoms with van der Waals surface area (Å²) in [4.78, 5) is 3.89. The van der Waals surface area contributed by atoms with Gasteiger partial charge in [-0.05, 0) is 17.2 Å². The minimum Gasteiger partial charge on any atom is -0.506 e. The number of halogens is 1. The first kappa shape index (κ1) is 10.9. The summed E-state index contributed by atoms with van der Waals surface area (Å²) in [5.41, 5.74) is 8.18. The van der Waals surface area contributed by atoms with Crippen LogP contribution in [0.2, 0.25) is 5.15 Å². The number of pyridine rings is 1. The quantitative estimate of drug-likeness (QED) is 0.786. The highest BCUT2D eigenvalue weighted by Crippen LogP contribution is 2.29. The Bertz CT molecular complexity index is 497. The summed E-state index contributed by atoms with van der Waals surface area (Å²) >= 11 is 5.96. The molecule has 2 aromatic rings. The predicted octanol–water partition coefficient (Wildman–Crippen LogP) is 2.57. The molecule has 0 spiro atoms. The van der Waals surface area contributed by atoms with Crippen LogP contribution in [0.5, 0.6) is 5.75 Å². The van der Waals surface area contributed by atoms with E-state index in [-0.39, 0.29) is 5.75 Å². The third-order valence-electron chi connectivity index (χ3n) is 2.33. The lowest BCUT2D eigenvalue weighted by molar-refractivity contribution is 0.473. The van der Waals surface area contributed by atoms with Gasteiger partial charge in [0.1, 0.15) is 10.9 Å². The number of benzene rings is 1. The van der Waals surface area contributed by atoms with E-state index in [1.165, 1.54) is 6.20 Å². The van der Waals surface area contributed by atoms with Crippen LogP contribution in [-0.2, 0) is 6.54 Å². The SMILES string of the molecule is NCc1ccc(-c2cc(O)cnc2Cl)cc1. The zero-order valence-electron chi connectivity index (χ0n) is 8.52. The van der Waals surface area contributed by atoms with Crippen molar-refractivity contribution in [3.8, 4) is 16.9 Å². The van der Waals surface area contributed by atoms with Gasteiger partial charge in [0, 0.05) is 12.1 Å². The molecule has 2 rings (SSSR count). The Hall–Kier alpha value is -1.58. The molecule has 0 aliphatic rings. The van der Waals surface area contributed by atoms with Crippen molar-refractivity contribution in [3.05, 3.63) is 47.2 Å². The van der Waals surface area contributed by atoms with Gasteiger partial charge < -0.3 is 10.8 Å². The molecule has 16 heavy (non-hydrogen) atoms. The Labute approximate surface area is 98.5 Å². The van der Waals surface area contributed by atoms with E-state index in [0.717, 1.165) is 11.1 Å². The smallest absolute Gasteiger partial charge is 0.137 e. The van der Waals surface area contributed by atoms with E-state index in [4.69, 9.17) is 17.3 Å². The van der Waals surface area contributed by atoms with E-state index < -0.39 is 0 Å². The number of hydrogen-bond donors (Lipinski definition) is 2. The van der Waals surface area contributed by atoms with E-state index in [2.05, 4.69) is 4.98 Å². The first-order valence-electron chi connectivity index (χ1n) is 4.84. The van der Waals surface area contributed by atoms with Gasteiger partial charge in [-0.15, -0.1) is 0 Å². The monoisotopic (exact) mass is 234 g/mol. The second kappa shape index (κ2) is 4.51. The molecule has 0 saturated heterocycles. The maximum Gasteiger partial charge on any atom is 0.137 e. The maximum absolute atomic E-state index is 9.36. The van der Waals surface area contributed by atoms with Crippen LogP contribution in [-0.4, -0.2) is 10.1 Å². The van der Waals surface area contributed by atoms with Gasteiger partial charge in [-0.25, -0.2) is 4.98 Å². The van der Waals surface area contributed by atoms with Crippen molar-refractivity contribution in [1.82, 2.24) is 4.98 Å². The van der Waals surface area contributed by atoms with Crippen LogP contribution in [0, 0.1) is 0 Å². The van der Waals surface area contributed by atoms with Crippen molar-refractivity contribution < 1.29 is 5.11 Å². The molecular weight excluding hydrogens is 224 g/mol. The molecule has 0 unspecified atom stereocenters. The average molecular weight is 235 g/mol. The molecule has 3 nitrogen and oxygen atoms in total. The highest BCUT2D eigenvalue weighted by Gasteiger charge is 2.05. The molecule has 0 aliphatic heterocycles. The van der Waals surface area contributed by atoms with Gasteiger partial charge >= 0.3 is 0 Å². The van der Waals surface area contributed by atoms with Crippen LogP contribution in [0.4, 0.5) is 0 Å².